The molecule has 4 nitrogen and oxygen atoms in total. The Bertz CT molecular complexity index is 488. The number of H-pyrrole nitrogens is 1. The van der Waals surface area contributed by atoms with Crippen molar-refractivity contribution in [2.45, 2.75) is 26.4 Å². The van der Waals surface area contributed by atoms with E-state index in [1.807, 2.05) is 45.2 Å². The number of nitrogens with one attached hydrogen (secondary N) is 1. The lowest BCUT2D eigenvalue weighted by atomic mass is 10.2. The van der Waals surface area contributed by atoms with Crippen molar-refractivity contribution >= 4 is 40.1 Å². The summed E-state index contributed by atoms with van der Waals surface area (Å²) in [5.41, 5.74) is 1.81. The summed E-state index contributed by atoms with van der Waals surface area (Å²) in [4.78, 5) is 17.0. The number of carbonyl (C=O) groups is 1. The molecular formula is C12H15IN2O2. The molecule has 0 aliphatic heterocycles. The Kier molecular flexibility index (Phi) is 4.92. The number of aromatic nitrogens is 2. The highest BCUT2D eigenvalue weighted by molar-refractivity contribution is 14.1. The number of hydrogen-bond acceptors (Lipinski definition) is 3. The van der Waals surface area contributed by atoms with Gasteiger partial charge in [0.25, 0.3) is 6.47 Å². The lowest BCUT2D eigenvalue weighted by Gasteiger charge is -2.14. The molecule has 0 bridgehead atoms. The molecule has 0 aliphatic carbocycles. The van der Waals surface area contributed by atoms with Crippen molar-refractivity contribution in [1.29, 1.82) is 0 Å². The van der Waals surface area contributed by atoms with Gasteiger partial charge in [-0.25, -0.2) is 4.98 Å². The van der Waals surface area contributed by atoms with Gasteiger partial charge in [-0.1, -0.05) is 0 Å². The molecule has 92 valence electrons. The number of hydrogen-bond donors (Lipinski definition) is 1. The first-order valence-corrected chi connectivity index (χ1v) is 6.21. The minimum absolute atomic E-state index is 0.318. The number of ether oxygens (including phenoxy) is 1. The second-order valence-corrected chi connectivity index (χ2v) is 5.48. The molecule has 2 heterocycles. The number of pyridine rings is 1. The average molecular weight is 346 g/mol. The normalized spacial score (nSPS) is 10.6. The molecule has 0 saturated heterocycles. The highest BCUT2D eigenvalue weighted by Crippen LogP contribution is 2.10. The van der Waals surface area contributed by atoms with E-state index >= 15 is 0 Å². The maximum Gasteiger partial charge on any atom is 0.293 e. The molecule has 0 amide bonds. The van der Waals surface area contributed by atoms with E-state index in [2.05, 4.69) is 37.3 Å². The first-order valence-electron chi connectivity index (χ1n) is 5.13. The zero-order valence-electron chi connectivity index (χ0n) is 10.0. The van der Waals surface area contributed by atoms with Crippen molar-refractivity contribution in [2.75, 3.05) is 0 Å². The summed E-state index contributed by atoms with van der Waals surface area (Å²) in [6.45, 7) is 5.92. The Morgan fingerprint density at radius 1 is 1.35 bits per heavy atom. The van der Waals surface area contributed by atoms with Gasteiger partial charge in [-0.3, -0.25) is 4.79 Å². The monoisotopic (exact) mass is 346 g/mol. The van der Waals surface area contributed by atoms with Crippen LogP contribution in [0.3, 0.4) is 0 Å². The molecule has 0 spiro atoms. The van der Waals surface area contributed by atoms with Crippen LogP contribution in [0.2, 0.25) is 0 Å². The zero-order valence-corrected chi connectivity index (χ0v) is 12.2. The summed E-state index contributed by atoms with van der Waals surface area (Å²) < 4.78 is 5.58. The zero-order chi connectivity index (χ0) is 12.9. The summed E-state index contributed by atoms with van der Waals surface area (Å²) >= 11 is 2.20. The van der Waals surface area contributed by atoms with E-state index in [4.69, 9.17) is 0 Å². The molecule has 2 aromatic rings. The van der Waals surface area contributed by atoms with E-state index in [9.17, 15) is 4.79 Å². The first-order chi connectivity index (χ1) is 7.92. The smallest absolute Gasteiger partial charge is 0.293 e. The topological polar surface area (TPSA) is 55.0 Å². The predicted molar refractivity (Wildman–Crippen MR) is 75.7 cm³/mol. The van der Waals surface area contributed by atoms with E-state index in [1.165, 1.54) is 0 Å². The summed E-state index contributed by atoms with van der Waals surface area (Å²) in [5, 5.41) is 0. The second-order valence-electron chi connectivity index (χ2n) is 4.37. The van der Waals surface area contributed by atoms with E-state index in [-0.39, 0.29) is 5.60 Å². The molecule has 0 unspecified atom stereocenters. The molecule has 17 heavy (non-hydrogen) atoms. The molecule has 0 fully saturated rings. The Hall–Kier alpha value is -1.11. The SMILES string of the molecule is CC(C)(C)OC=O.Ic1ccc2[nH]ccc2n1. The molecule has 0 aromatic carbocycles. The molecule has 2 rings (SSSR count). The number of fused-ring (bicyclic) bond motifs is 1. The van der Waals surface area contributed by atoms with E-state index in [1.54, 1.807) is 0 Å². The van der Waals surface area contributed by atoms with Crippen molar-refractivity contribution in [2.24, 2.45) is 0 Å². The van der Waals surface area contributed by atoms with Crippen molar-refractivity contribution in [3.8, 4) is 0 Å². The number of aromatic amines is 1. The number of carbonyl (C=O) groups excluding carboxylic acids is 1. The Labute approximate surface area is 114 Å². The van der Waals surface area contributed by atoms with Gasteiger partial charge in [0, 0.05) is 6.20 Å². The van der Waals surface area contributed by atoms with Crippen LogP contribution in [0, 0.1) is 3.70 Å². The van der Waals surface area contributed by atoms with Gasteiger partial charge in [0.2, 0.25) is 0 Å². The fourth-order valence-corrected chi connectivity index (χ4v) is 1.49. The highest BCUT2D eigenvalue weighted by Gasteiger charge is 2.07. The average Bonchev–Trinajstić information content (AvgIpc) is 2.63. The lowest BCUT2D eigenvalue weighted by Crippen LogP contribution is -2.17. The molecule has 0 atom stereocenters. The van der Waals surface area contributed by atoms with Crippen LogP contribution in [0.15, 0.2) is 24.4 Å². The molecular weight excluding hydrogens is 331 g/mol. The maximum atomic E-state index is 9.60. The van der Waals surface area contributed by atoms with E-state index in [0.29, 0.717) is 6.47 Å². The van der Waals surface area contributed by atoms with Crippen LogP contribution in [-0.4, -0.2) is 22.0 Å². The van der Waals surface area contributed by atoms with Gasteiger partial charge in [-0.05, 0) is 61.6 Å². The Morgan fingerprint density at radius 3 is 2.59 bits per heavy atom. The van der Waals surface area contributed by atoms with Gasteiger partial charge < -0.3 is 9.72 Å². The van der Waals surface area contributed by atoms with Gasteiger partial charge in [0.05, 0.1) is 11.0 Å². The number of rotatable bonds is 1. The number of halogens is 1. The fourth-order valence-electron chi connectivity index (χ4n) is 1.05. The quantitative estimate of drug-likeness (QED) is 0.490. The van der Waals surface area contributed by atoms with Crippen molar-refractivity contribution < 1.29 is 9.53 Å². The summed E-state index contributed by atoms with van der Waals surface area (Å²) in [7, 11) is 0. The van der Waals surface area contributed by atoms with Gasteiger partial charge in [0.15, 0.2) is 0 Å². The summed E-state index contributed by atoms with van der Waals surface area (Å²) in [5.74, 6) is 0. The third kappa shape index (κ3) is 5.16. The minimum Gasteiger partial charge on any atom is -0.462 e. The lowest BCUT2D eigenvalue weighted by molar-refractivity contribution is -0.138. The third-order valence-electron chi connectivity index (χ3n) is 1.77. The van der Waals surface area contributed by atoms with Crippen molar-refractivity contribution in [3.63, 3.8) is 0 Å². The molecule has 0 saturated carbocycles. The largest absolute Gasteiger partial charge is 0.462 e. The summed E-state index contributed by atoms with van der Waals surface area (Å²) in [6.07, 6.45) is 1.90. The van der Waals surface area contributed by atoms with Gasteiger partial charge >= 0.3 is 0 Å². The van der Waals surface area contributed by atoms with Crippen LogP contribution >= 0.6 is 22.6 Å². The van der Waals surface area contributed by atoms with Crippen LogP contribution in [0.5, 0.6) is 0 Å². The van der Waals surface area contributed by atoms with Gasteiger partial charge in [0.1, 0.15) is 9.30 Å². The van der Waals surface area contributed by atoms with Gasteiger partial charge in [-0.15, -0.1) is 0 Å². The summed E-state index contributed by atoms with van der Waals surface area (Å²) in [6, 6.07) is 5.99. The van der Waals surface area contributed by atoms with E-state index in [0.717, 1.165) is 14.7 Å². The van der Waals surface area contributed by atoms with Crippen LogP contribution in [0.25, 0.3) is 11.0 Å². The van der Waals surface area contributed by atoms with Crippen LogP contribution in [0.4, 0.5) is 0 Å². The van der Waals surface area contributed by atoms with Crippen molar-refractivity contribution in [3.05, 3.63) is 28.1 Å². The van der Waals surface area contributed by atoms with Crippen LogP contribution in [-0.2, 0) is 9.53 Å². The predicted octanol–water partition coefficient (Wildman–Crippen LogP) is 3.13. The maximum absolute atomic E-state index is 9.60. The second kappa shape index (κ2) is 6.00. The molecule has 1 N–H and O–H groups in total. The first kappa shape index (κ1) is 14.0. The van der Waals surface area contributed by atoms with E-state index < -0.39 is 0 Å². The molecule has 0 aliphatic rings. The van der Waals surface area contributed by atoms with Crippen molar-refractivity contribution in [1.82, 2.24) is 9.97 Å². The highest BCUT2D eigenvalue weighted by atomic mass is 127. The fraction of sp³-hybridized carbons (Fsp3) is 0.333. The van der Waals surface area contributed by atoms with Gasteiger partial charge in [-0.2, -0.15) is 0 Å². The molecule has 2 aromatic heterocycles. The molecule has 0 radical (unpaired) electrons. The standard InChI is InChI=1S/C7H5IN2.C5H10O2/c8-7-2-1-5-6(10-7)3-4-9-5;1-5(2,3)7-4-6/h1-4,9H;4H,1-3H3. The number of nitrogens with zero attached hydrogens (tertiary/aromatic N) is 1. The van der Waals surface area contributed by atoms with Crippen LogP contribution in [0.1, 0.15) is 20.8 Å². The Morgan fingerprint density at radius 2 is 2.06 bits per heavy atom. The third-order valence-corrected chi connectivity index (χ3v) is 2.37. The van der Waals surface area contributed by atoms with Crippen LogP contribution < -0.4 is 0 Å². The molecule has 5 heteroatoms. The Balaban J connectivity index is 0.000000185. The minimum atomic E-state index is -0.318.